The second-order valence-electron chi connectivity index (χ2n) is 8.79. The average molecular weight is 468 g/mol. The molecule has 11 heteroatoms. The maximum Gasteiger partial charge on any atom is 0.248 e. The Kier molecular flexibility index (Phi) is 7.43. The molecule has 1 aliphatic heterocycles. The molecule has 1 saturated heterocycles. The lowest BCUT2D eigenvalue weighted by molar-refractivity contribution is 0.122. The van der Waals surface area contributed by atoms with Crippen LogP contribution in [0, 0.1) is 5.92 Å². The summed E-state index contributed by atoms with van der Waals surface area (Å²) in [5, 5.41) is 17.5. The van der Waals surface area contributed by atoms with Crippen LogP contribution in [0.1, 0.15) is 20.3 Å². The molecular formula is C23H33N9O2. The Balaban J connectivity index is 1.48. The van der Waals surface area contributed by atoms with Crippen molar-refractivity contribution in [1.29, 1.82) is 0 Å². The second-order valence-corrected chi connectivity index (χ2v) is 8.79. The summed E-state index contributed by atoms with van der Waals surface area (Å²) in [5.74, 6) is 2.20. The first-order valence-electron chi connectivity index (χ1n) is 11.5. The lowest BCUT2D eigenvalue weighted by Crippen LogP contribution is -2.36. The molecule has 3 aromatic rings. The van der Waals surface area contributed by atoms with Gasteiger partial charge in [0.25, 0.3) is 0 Å². The van der Waals surface area contributed by atoms with Crippen LogP contribution in [-0.2, 0) is 4.74 Å². The molecule has 1 fully saturated rings. The Bertz CT molecular complexity index is 1060. The fraction of sp³-hybridized carbons (Fsp3) is 0.478. The van der Waals surface area contributed by atoms with Gasteiger partial charge in [-0.3, -0.25) is 0 Å². The van der Waals surface area contributed by atoms with Crippen LogP contribution in [0.3, 0.4) is 0 Å². The molecule has 0 aliphatic carbocycles. The van der Waals surface area contributed by atoms with Crippen molar-refractivity contribution in [3.63, 3.8) is 0 Å². The van der Waals surface area contributed by atoms with Gasteiger partial charge in [-0.2, -0.15) is 9.67 Å². The number of hydrogen-bond acceptors (Lipinski definition) is 10. The van der Waals surface area contributed by atoms with E-state index in [0.29, 0.717) is 23.5 Å². The molecule has 34 heavy (non-hydrogen) atoms. The van der Waals surface area contributed by atoms with E-state index in [0.717, 1.165) is 44.1 Å². The number of nitrogen functional groups attached to an aromatic ring is 1. The topological polar surface area (TPSA) is 130 Å². The Morgan fingerprint density at radius 2 is 1.91 bits per heavy atom. The predicted molar refractivity (Wildman–Crippen MR) is 133 cm³/mol. The van der Waals surface area contributed by atoms with Gasteiger partial charge in [-0.15, -0.1) is 5.10 Å². The van der Waals surface area contributed by atoms with Crippen molar-refractivity contribution in [2.75, 3.05) is 60.8 Å². The molecule has 4 rings (SSSR count). The normalized spacial score (nSPS) is 14.9. The van der Waals surface area contributed by atoms with Gasteiger partial charge in [-0.1, -0.05) is 13.8 Å². The summed E-state index contributed by atoms with van der Waals surface area (Å²) in [6, 6.07) is 9.85. The molecule has 182 valence electrons. The molecule has 0 saturated carbocycles. The third-order valence-corrected chi connectivity index (χ3v) is 5.85. The van der Waals surface area contributed by atoms with Crippen LogP contribution in [-0.4, -0.2) is 75.8 Å². The monoisotopic (exact) mass is 467 g/mol. The highest BCUT2D eigenvalue weighted by Crippen LogP contribution is 2.23. The zero-order valence-electron chi connectivity index (χ0n) is 19.9. The van der Waals surface area contributed by atoms with Gasteiger partial charge in [0.1, 0.15) is 12.1 Å². The van der Waals surface area contributed by atoms with Crippen LogP contribution in [0.15, 0.2) is 36.7 Å². The van der Waals surface area contributed by atoms with Crippen molar-refractivity contribution in [2.24, 2.45) is 5.92 Å². The smallest absolute Gasteiger partial charge is 0.248 e. The zero-order valence-corrected chi connectivity index (χ0v) is 19.9. The molecule has 11 nitrogen and oxygen atoms in total. The Morgan fingerprint density at radius 1 is 1.18 bits per heavy atom. The van der Waals surface area contributed by atoms with E-state index in [1.165, 1.54) is 11.0 Å². The highest BCUT2D eigenvalue weighted by Gasteiger charge is 2.19. The van der Waals surface area contributed by atoms with Gasteiger partial charge >= 0.3 is 0 Å². The zero-order chi connectivity index (χ0) is 24.1. The summed E-state index contributed by atoms with van der Waals surface area (Å²) in [5.41, 5.74) is 8.16. The Morgan fingerprint density at radius 3 is 2.59 bits per heavy atom. The van der Waals surface area contributed by atoms with Gasteiger partial charge in [0.2, 0.25) is 11.9 Å². The number of ether oxygens (including phenoxy) is 1. The van der Waals surface area contributed by atoms with Crippen LogP contribution in [0.2, 0.25) is 0 Å². The number of aliphatic hydroxyl groups excluding tert-OH is 1. The van der Waals surface area contributed by atoms with E-state index in [-0.39, 0.29) is 18.6 Å². The number of nitrogens with one attached hydrogen (secondary N) is 1. The molecule has 1 atom stereocenters. The number of anilines is 5. The van der Waals surface area contributed by atoms with E-state index in [9.17, 15) is 5.11 Å². The average Bonchev–Trinajstić information content (AvgIpc) is 3.23. The fourth-order valence-electron chi connectivity index (χ4n) is 3.98. The lowest BCUT2D eigenvalue weighted by atomic mass is 10.0. The molecule has 0 spiro atoms. The second kappa shape index (κ2) is 10.7. The van der Waals surface area contributed by atoms with E-state index >= 15 is 0 Å². The molecule has 0 bridgehead atoms. The van der Waals surface area contributed by atoms with Gasteiger partial charge in [0.15, 0.2) is 5.82 Å². The standard InChI is InChI=1S/C23H33N9O2/c1-16(2)12-19(14-33)30(3)20-13-21(26-15-25-20)32-22(24)28-23(29-32)27-17-4-6-18(7-5-17)31-8-10-34-11-9-31/h4-7,13,15-16,19,33H,8-12,14H2,1-3H3,(H3,24,27,28,29). The Hall–Kier alpha value is -3.44. The molecule has 0 amide bonds. The highest BCUT2D eigenvalue weighted by molar-refractivity contribution is 5.60. The van der Waals surface area contributed by atoms with Crippen molar-refractivity contribution >= 4 is 29.1 Å². The number of aromatic nitrogens is 5. The summed E-state index contributed by atoms with van der Waals surface area (Å²) >= 11 is 0. The van der Waals surface area contributed by atoms with E-state index in [2.05, 4.69) is 56.2 Å². The third kappa shape index (κ3) is 5.54. The molecule has 1 unspecified atom stereocenters. The summed E-state index contributed by atoms with van der Waals surface area (Å²) in [6.07, 6.45) is 2.31. The number of likely N-dealkylation sites (N-methyl/N-ethyl adjacent to an activating group) is 1. The highest BCUT2D eigenvalue weighted by atomic mass is 16.5. The van der Waals surface area contributed by atoms with Crippen molar-refractivity contribution in [3.05, 3.63) is 36.7 Å². The number of nitrogens with two attached hydrogens (primary N) is 1. The Labute approximate surface area is 199 Å². The quantitative estimate of drug-likeness (QED) is 0.430. The van der Waals surface area contributed by atoms with Crippen LogP contribution in [0.4, 0.5) is 29.1 Å². The molecule has 3 heterocycles. The predicted octanol–water partition coefficient (Wildman–Crippen LogP) is 2.06. The van der Waals surface area contributed by atoms with Gasteiger partial charge in [0, 0.05) is 37.6 Å². The van der Waals surface area contributed by atoms with Crippen LogP contribution >= 0.6 is 0 Å². The van der Waals surface area contributed by atoms with E-state index in [4.69, 9.17) is 10.5 Å². The first kappa shape index (κ1) is 23.7. The van der Waals surface area contributed by atoms with Gasteiger partial charge in [-0.05, 0) is 36.6 Å². The van der Waals surface area contributed by atoms with Crippen molar-refractivity contribution in [2.45, 2.75) is 26.3 Å². The summed E-state index contributed by atoms with van der Waals surface area (Å²) in [4.78, 5) is 17.3. The van der Waals surface area contributed by atoms with Gasteiger partial charge < -0.3 is 30.7 Å². The first-order chi connectivity index (χ1) is 16.4. The third-order valence-electron chi connectivity index (χ3n) is 5.85. The largest absolute Gasteiger partial charge is 0.394 e. The van der Waals surface area contributed by atoms with Gasteiger partial charge in [-0.25, -0.2) is 9.97 Å². The van der Waals surface area contributed by atoms with Crippen LogP contribution in [0.25, 0.3) is 5.82 Å². The molecule has 4 N–H and O–H groups in total. The molecule has 2 aromatic heterocycles. The minimum atomic E-state index is -0.0477. The van der Waals surface area contributed by atoms with E-state index < -0.39 is 0 Å². The molecule has 0 radical (unpaired) electrons. The maximum absolute atomic E-state index is 9.82. The molecular weight excluding hydrogens is 434 g/mol. The number of morpholine rings is 1. The van der Waals surface area contributed by atoms with Crippen molar-refractivity contribution < 1.29 is 9.84 Å². The van der Waals surface area contributed by atoms with E-state index in [1.807, 2.05) is 24.1 Å². The summed E-state index contributed by atoms with van der Waals surface area (Å²) in [6.45, 7) is 7.58. The maximum atomic E-state index is 9.82. The van der Waals surface area contributed by atoms with Crippen molar-refractivity contribution in [3.8, 4) is 5.82 Å². The molecule has 1 aliphatic rings. The van der Waals surface area contributed by atoms with Crippen molar-refractivity contribution in [1.82, 2.24) is 24.7 Å². The number of nitrogens with zero attached hydrogens (tertiary/aromatic N) is 7. The number of hydrogen-bond donors (Lipinski definition) is 3. The van der Waals surface area contributed by atoms with Crippen LogP contribution in [0.5, 0.6) is 0 Å². The summed E-state index contributed by atoms with van der Waals surface area (Å²) in [7, 11) is 1.91. The minimum absolute atomic E-state index is 0.0396. The lowest BCUT2D eigenvalue weighted by Gasteiger charge is -2.29. The minimum Gasteiger partial charge on any atom is -0.394 e. The molecule has 1 aromatic carbocycles. The summed E-state index contributed by atoms with van der Waals surface area (Å²) < 4.78 is 6.89. The number of rotatable bonds is 9. The fourth-order valence-corrected chi connectivity index (χ4v) is 3.98. The first-order valence-corrected chi connectivity index (χ1v) is 11.5. The number of aliphatic hydroxyl groups is 1. The van der Waals surface area contributed by atoms with Crippen LogP contribution < -0.4 is 20.9 Å². The van der Waals surface area contributed by atoms with E-state index in [1.54, 1.807) is 6.07 Å². The number of benzene rings is 1. The van der Waals surface area contributed by atoms with Gasteiger partial charge in [0.05, 0.1) is 25.9 Å². The SMILES string of the molecule is CC(C)CC(CO)N(C)c1cc(-n2nc(Nc3ccc(N4CCOCC4)cc3)nc2N)ncn1.